The highest BCUT2D eigenvalue weighted by atomic mass is 16.6. The van der Waals surface area contributed by atoms with Crippen LogP contribution in [0.3, 0.4) is 0 Å². The number of nitrogens with zero attached hydrogens (tertiary/aromatic N) is 1. The number of ether oxygens (including phenoxy) is 1. The van der Waals surface area contributed by atoms with Crippen molar-refractivity contribution >= 4 is 23.0 Å². The number of piperidine rings is 1. The molecular formula is C19H24N2O4. The van der Waals surface area contributed by atoms with Gasteiger partial charge in [0.15, 0.2) is 0 Å². The Morgan fingerprint density at radius 2 is 2.08 bits per heavy atom. The van der Waals surface area contributed by atoms with Gasteiger partial charge in [-0.1, -0.05) is 6.07 Å². The van der Waals surface area contributed by atoms with Crippen molar-refractivity contribution in [2.24, 2.45) is 0 Å². The van der Waals surface area contributed by atoms with E-state index in [-0.39, 0.29) is 18.0 Å². The molecule has 1 fully saturated rings. The van der Waals surface area contributed by atoms with E-state index in [1.54, 1.807) is 29.4 Å². The smallest absolute Gasteiger partial charge is 0.410 e. The van der Waals surface area contributed by atoms with Crippen molar-refractivity contribution in [3.05, 3.63) is 36.1 Å². The van der Waals surface area contributed by atoms with Gasteiger partial charge in [0.2, 0.25) is 0 Å². The van der Waals surface area contributed by atoms with E-state index in [1.165, 1.54) is 0 Å². The summed E-state index contributed by atoms with van der Waals surface area (Å²) in [6.45, 7) is 6.65. The third-order valence-electron chi connectivity index (χ3n) is 4.15. The third kappa shape index (κ3) is 4.13. The lowest BCUT2D eigenvalue weighted by atomic mass is 10.0. The number of carbonyl (C=O) groups excluding carboxylic acids is 2. The zero-order chi connectivity index (χ0) is 18.0. The summed E-state index contributed by atoms with van der Waals surface area (Å²) in [6, 6.07) is 7.11. The zero-order valence-electron chi connectivity index (χ0n) is 14.9. The van der Waals surface area contributed by atoms with Gasteiger partial charge in [-0.15, -0.1) is 0 Å². The van der Waals surface area contributed by atoms with Crippen LogP contribution in [0.4, 0.5) is 4.79 Å². The van der Waals surface area contributed by atoms with Crippen LogP contribution < -0.4 is 5.32 Å². The van der Waals surface area contributed by atoms with Gasteiger partial charge in [0.05, 0.1) is 11.8 Å². The van der Waals surface area contributed by atoms with Crippen molar-refractivity contribution in [2.75, 3.05) is 13.1 Å². The van der Waals surface area contributed by atoms with Crippen molar-refractivity contribution in [3.8, 4) is 0 Å². The Morgan fingerprint density at radius 3 is 2.84 bits per heavy atom. The Hall–Kier alpha value is -2.50. The fourth-order valence-corrected chi connectivity index (χ4v) is 3.04. The second-order valence-electron chi connectivity index (χ2n) is 7.38. The van der Waals surface area contributed by atoms with E-state index in [4.69, 9.17) is 9.15 Å². The maximum absolute atomic E-state index is 12.6. The summed E-state index contributed by atoms with van der Waals surface area (Å²) in [5.74, 6) is -0.150. The van der Waals surface area contributed by atoms with Gasteiger partial charge in [-0.2, -0.15) is 0 Å². The average Bonchev–Trinajstić information content (AvgIpc) is 3.02. The number of fused-ring (bicyclic) bond motifs is 1. The van der Waals surface area contributed by atoms with Gasteiger partial charge in [0, 0.05) is 24.5 Å². The molecule has 1 atom stereocenters. The van der Waals surface area contributed by atoms with Crippen LogP contribution >= 0.6 is 0 Å². The number of hydrogen-bond acceptors (Lipinski definition) is 4. The second kappa shape index (κ2) is 6.78. The molecule has 2 aromatic rings. The quantitative estimate of drug-likeness (QED) is 0.904. The first kappa shape index (κ1) is 17.3. The molecule has 0 spiro atoms. The molecule has 0 aliphatic carbocycles. The van der Waals surface area contributed by atoms with Gasteiger partial charge < -0.3 is 19.4 Å². The van der Waals surface area contributed by atoms with Crippen molar-refractivity contribution < 1.29 is 18.7 Å². The highest BCUT2D eigenvalue weighted by Crippen LogP contribution is 2.21. The molecule has 0 saturated carbocycles. The van der Waals surface area contributed by atoms with Crippen LogP contribution in [0.5, 0.6) is 0 Å². The van der Waals surface area contributed by atoms with Crippen molar-refractivity contribution in [3.63, 3.8) is 0 Å². The predicted octanol–water partition coefficient (Wildman–Crippen LogP) is 3.56. The van der Waals surface area contributed by atoms with Gasteiger partial charge in [-0.05, 0) is 51.8 Å². The molecule has 25 heavy (non-hydrogen) atoms. The molecule has 2 amide bonds. The van der Waals surface area contributed by atoms with Gasteiger partial charge in [0.25, 0.3) is 5.91 Å². The van der Waals surface area contributed by atoms with Crippen LogP contribution in [-0.4, -0.2) is 41.6 Å². The van der Waals surface area contributed by atoms with Gasteiger partial charge in [-0.25, -0.2) is 4.79 Å². The lowest BCUT2D eigenvalue weighted by Gasteiger charge is -2.34. The number of nitrogens with one attached hydrogen (secondary N) is 1. The molecule has 0 radical (unpaired) electrons. The molecule has 134 valence electrons. The average molecular weight is 344 g/mol. The topological polar surface area (TPSA) is 71.8 Å². The molecule has 1 aromatic heterocycles. The van der Waals surface area contributed by atoms with Crippen molar-refractivity contribution in [1.29, 1.82) is 0 Å². The van der Waals surface area contributed by atoms with Crippen molar-refractivity contribution in [2.45, 2.75) is 45.3 Å². The van der Waals surface area contributed by atoms with E-state index >= 15 is 0 Å². The lowest BCUT2D eigenvalue weighted by molar-refractivity contribution is 0.0185. The molecule has 0 unspecified atom stereocenters. The summed E-state index contributed by atoms with van der Waals surface area (Å²) >= 11 is 0. The van der Waals surface area contributed by atoms with Crippen LogP contribution in [0.1, 0.15) is 44.0 Å². The lowest BCUT2D eigenvalue weighted by Crippen LogP contribution is -2.50. The first-order chi connectivity index (χ1) is 11.8. The van der Waals surface area contributed by atoms with Gasteiger partial charge in [0.1, 0.15) is 11.2 Å². The monoisotopic (exact) mass is 344 g/mol. The summed E-state index contributed by atoms with van der Waals surface area (Å²) in [6.07, 6.45) is 2.92. The molecule has 1 N–H and O–H groups in total. The first-order valence-electron chi connectivity index (χ1n) is 8.58. The number of carbonyl (C=O) groups is 2. The molecule has 6 heteroatoms. The Kier molecular flexibility index (Phi) is 4.70. The number of rotatable bonds is 2. The van der Waals surface area contributed by atoms with Crippen LogP contribution in [0.25, 0.3) is 11.0 Å². The molecule has 3 rings (SSSR count). The summed E-state index contributed by atoms with van der Waals surface area (Å²) in [7, 11) is 0. The number of furan rings is 1. The molecule has 1 aromatic carbocycles. The summed E-state index contributed by atoms with van der Waals surface area (Å²) in [4.78, 5) is 26.5. The van der Waals surface area contributed by atoms with Crippen LogP contribution in [0.2, 0.25) is 0 Å². The second-order valence-corrected chi connectivity index (χ2v) is 7.38. The number of likely N-dealkylation sites (tertiary alicyclic amines) is 1. The summed E-state index contributed by atoms with van der Waals surface area (Å²) in [5.41, 5.74) is 0.747. The van der Waals surface area contributed by atoms with E-state index in [1.807, 2.05) is 26.8 Å². The van der Waals surface area contributed by atoms with Crippen molar-refractivity contribution in [1.82, 2.24) is 10.2 Å². The highest BCUT2D eigenvalue weighted by molar-refractivity contribution is 6.06. The third-order valence-corrected chi connectivity index (χ3v) is 4.15. The minimum absolute atomic E-state index is 0.0871. The number of amides is 2. The SMILES string of the molecule is CC(C)(C)OC(=O)N1CCC[C@H](NC(=O)c2cccc3occc23)C1. The first-order valence-corrected chi connectivity index (χ1v) is 8.58. The largest absolute Gasteiger partial charge is 0.464 e. The van der Waals surface area contributed by atoms with Crippen LogP contribution in [-0.2, 0) is 4.74 Å². The molecule has 1 saturated heterocycles. The van der Waals surface area contributed by atoms with Crippen LogP contribution in [0, 0.1) is 0 Å². The maximum Gasteiger partial charge on any atom is 0.410 e. The minimum Gasteiger partial charge on any atom is -0.464 e. The summed E-state index contributed by atoms with van der Waals surface area (Å²) in [5, 5.41) is 3.83. The Bertz CT molecular complexity index is 775. The Balaban J connectivity index is 1.65. The molecular weight excluding hydrogens is 320 g/mol. The minimum atomic E-state index is -0.524. The molecule has 0 bridgehead atoms. The molecule has 1 aliphatic rings. The number of hydrogen-bond donors (Lipinski definition) is 1. The predicted molar refractivity (Wildman–Crippen MR) is 94.5 cm³/mol. The van der Waals surface area contributed by atoms with E-state index in [9.17, 15) is 9.59 Å². The van der Waals surface area contributed by atoms with E-state index < -0.39 is 5.60 Å². The van der Waals surface area contributed by atoms with E-state index in [0.717, 1.165) is 18.2 Å². The standard InChI is InChI=1S/C19H24N2O4/c1-19(2,3)25-18(23)21-10-5-6-13(12-21)20-17(22)15-7-4-8-16-14(15)9-11-24-16/h4,7-9,11,13H,5-6,10,12H2,1-3H3,(H,20,22)/t13-/m0/s1. The molecule has 2 heterocycles. The zero-order valence-corrected chi connectivity index (χ0v) is 14.9. The maximum atomic E-state index is 12.6. The van der Waals surface area contributed by atoms with Gasteiger partial charge >= 0.3 is 6.09 Å². The normalized spacial score (nSPS) is 18.2. The molecule has 1 aliphatic heterocycles. The number of benzene rings is 1. The fourth-order valence-electron chi connectivity index (χ4n) is 3.04. The van der Waals surface area contributed by atoms with Gasteiger partial charge in [-0.3, -0.25) is 4.79 Å². The Morgan fingerprint density at radius 1 is 1.28 bits per heavy atom. The molecule has 6 nitrogen and oxygen atoms in total. The van der Waals surface area contributed by atoms with Crippen LogP contribution in [0.15, 0.2) is 34.9 Å². The highest BCUT2D eigenvalue weighted by Gasteiger charge is 2.28. The Labute approximate surface area is 147 Å². The fraction of sp³-hybridized carbons (Fsp3) is 0.474. The van der Waals surface area contributed by atoms with E-state index in [0.29, 0.717) is 24.2 Å². The van der Waals surface area contributed by atoms with E-state index in [2.05, 4.69) is 5.32 Å². The summed E-state index contributed by atoms with van der Waals surface area (Å²) < 4.78 is 10.8.